The van der Waals surface area contributed by atoms with E-state index in [2.05, 4.69) is 10.6 Å². The van der Waals surface area contributed by atoms with Crippen molar-refractivity contribution in [3.8, 4) is 0 Å². The molecule has 2 unspecified atom stereocenters. The number of hydrogen-bond acceptors (Lipinski definition) is 3. The maximum absolute atomic E-state index is 11.3. The second-order valence-corrected chi connectivity index (χ2v) is 5.99. The normalized spacial score (nSPS) is 19.6. The topological polar surface area (TPSA) is 58.2 Å². The molecule has 0 spiro atoms. The van der Waals surface area contributed by atoms with Crippen LogP contribution in [0.1, 0.15) is 19.8 Å². The molecule has 1 saturated carbocycles. The van der Waals surface area contributed by atoms with Crippen LogP contribution in [0, 0.1) is 5.92 Å². The summed E-state index contributed by atoms with van der Waals surface area (Å²) in [6, 6.07) is 0. The number of nitrogens with one attached hydrogen (secondary N) is 2. The molecule has 15 heavy (non-hydrogen) atoms. The predicted molar refractivity (Wildman–Crippen MR) is 62.1 cm³/mol. The molecule has 0 bridgehead atoms. The van der Waals surface area contributed by atoms with E-state index in [1.807, 2.05) is 6.92 Å². The molecule has 4 nitrogen and oxygen atoms in total. The summed E-state index contributed by atoms with van der Waals surface area (Å²) in [6.45, 7) is 3.68. The van der Waals surface area contributed by atoms with Crippen molar-refractivity contribution in [3.05, 3.63) is 0 Å². The Bertz CT molecular complexity index is 242. The van der Waals surface area contributed by atoms with E-state index in [1.54, 1.807) is 6.26 Å². The highest BCUT2D eigenvalue weighted by atomic mass is 32.2. The summed E-state index contributed by atoms with van der Waals surface area (Å²) < 4.78 is 11.0. The Morgan fingerprint density at radius 2 is 2.20 bits per heavy atom. The van der Waals surface area contributed by atoms with Crippen LogP contribution in [0.5, 0.6) is 0 Å². The van der Waals surface area contributed by atoms with Crippen LogP contribution < -0.4 is 10.6 Å². The van der Waals surface area contributed by atoms with E-state index >= 15 is 0 Å². The van der Waals surface area contributed by atoms with Crippen LogP contribution in [0.2, 0.25) is 0 Å². The Balaban J connectivity index is 1.98. The predicted octanol–water partition coefficient (Wildman–Crippen LogP) is -0.131. The summed E-state index contributed by atoms with van der Waals surface area (Å²) in [5, 5.41) is 5.97. The van der Waals surface area contributed by atoms with Gasteiger partial charge < -0.3 is 10.6 Å². The van der Waals surface area contributed by atoms with Gasteiger partial charge in [0.25, 0.3) is 0 Å². The summed E-state index contributed by atoms with van der Waals surface area (Å²) in [6.07, 6.45) is 4.18. The minimum atomic E-state index is -0.820. The van der Waals surface area contributed by atoms with Crippen LogP contribution in [0.25, 0.3) is 0 Å². The van der Waals surface area contributed by atoms with Crippen LogP contribution >= 0.6 is 0 Å². The fraction of sp³-hybridized carbons (Fsp3) is 0.900. The zero-order chi connectivity index (χ0) is 11.3. The second kappa shape index (κ2) is 6.23. The van der Waals surface area contributed by atoms with Crippen molar-refractivity contribution in [1.82, 2.24) is 10.6 Å². The van der Waals surface area contributed by atoms with Crippen molar-refractivity contribution in [3.63, 3.8) is 0 Å². The van der Waals surface area contributed by atoms with E-state index in [4.69, 9.17) is 0 Å². The van der Waals surface area contributed by atoms with Gasteiger partial charge in [0.1, 0.15) is 0 Å². The van der Waals surface area contributed by atoms with Gasteiger partial charge in [0.05, 0.1) is 6.54 Å². The molecule has 0 aliphatic heterocycles. The Morgan fingerprint density at radius 3 is 2.73 bits per heavy atom. The third-order valence-electron chi connectivity index (χ3n) is 2.57. The monoisotopic (exact) mass is 232 g/mol. The lowest BCUT2D eigenvalue weighted by molar-refractivity contribution is -0.120. The number of hydrogen-bond donors (Lipinski definition) is 2. The van der Waals surface area contributed by atoms with E-state index in [1.165, 1.54) is 12.8 Å². The van der Waals surface area contributed by atoms with Crippen LogP contribution in [-0.4, -0.2) is 41.3 Å². The molecule has 1 aliphatic carbocycles. The lowest BCUT2D eigenvalue weighted by atomic mass is 10.4. The zero-order valence-corrected chi connectivity index (χ0v) is 10.2. The first-order valence-corrected chi connectivity index (χ1v) is 7.01. The molecule has 0 aromatic heterocycles. The van der Waals surface area contributed by atoms with Gasteiger partial charge in [-0.25, -0.2) is 0 Å². The zero-order valence-electron chi connectivity index (χ0n) is 9.41. The molecule has 0 radical (unpaired) electrons. The SMILES string of the molecule is CC(CNCC(=O)NCC1CC1)S(C)=O. The Morgan fingerprint density at radius 1 is 1.53 bits per heavy atom. The van der Waals surface area contributed by atoms with Gasteiger partial charge in [-0.3, -0.25) is 9.00 Å². The fourth-order valence-corrected chi connectivity index (χ4v) is 1.50. The maximum Gasteiger partial charge on any atom is 0.233 e. The first kappa shape index (κ1) is 12.6. The van der Waals surface area contributed by atoms with Crippen LogP contribution in [-0.2, 0) is 15.6 Å². The maximum atomic E-state index is 11.3. The highest BCUT2D eigenvalue weighted by Crippen LogP contribution is 2.27. The lowest BCUT2D eigenvalue weighted by Gasteiger charge is -2.09. The smallest absolute Gasteiger partial charge is 0.233 e. The van der Waals surface area contributed by atoms with Crippen LogP contribution in [0.4, 0.5) is 0 Å². The second-order valence-electron chi connectivity index (χ2n) is 4.19. The molecule has 5 heteroatoms. The van der Waals surface area contributed by atoms with Crippen molar-refractivity contribution >= 4 is 16.7 Å². The summed E-state index contributed by atoms with van der Waals surface area (Å²) in [7, 11) is -0.820. The minimum absolute atomic E-state index is 0.0379. The molecular formula is C10H20N2O2S. The molecule has 2 atom stereocenters. The van der Waals surface area contributed by atoms with Gasteiger partial charge in [-0.1, -0.05) is 0 Å². The lowest BCUT2D eigenvalue weighted by Crippen LogP contribution is -2.38. The summed E-state index contributed by atoms with van der Waals surface area (Å²) in [5.41, 5.74) is 0. The molecule has 1 aliphatic rings. The van der Waals surface area contributed by atoms with Crippen LogP contribution in [0.15, 0.2) is 0 Å². The van der Waals surface area contributed by atoms with Gasteiger partial charge in [0.2, 0.25) is 5.91 Å². The van der Waals surface area contributed by atoms with Crippen molar-refractivity contribution in [2.75, 3.05) is 25.9 Å². The largest absolute Gasteiger partial charge is 0.355 e. The molecule has 1 fully saturated rings. The standard InChI is InChI=1S/C10H20N2O2S/c1-8(15(2)14)5-11-7-10(13)12-6-9-3-4-9/h8-9,11H,3-7H2,1-2H3,(H,12,13). The number of carbonyl (C=O) groups is 1. The fourth-order valence-electron chi connectivity index (χ4n) is 1.15. The molecule has 2 N–H and O–H groups in total. The quantitative estimate of drug-likeness (QED) is 0.643. The van der Waals surface area contributed by atoms with E-state index < -0.39 is 10.8 Å². The van der Waals surface area contributed by atoms with Crippen molar-refractivity contribution in [2.24, 2.45) is 5.92 Å². The number of rotatable bonds is 7. The summed E-state index contributed by atoms with van der Waals surface area (Å²) in [4.78, 5) is 11.3. The summed E-state index contributed by atoms with van der Waals surface area (Å²) >= 11 is 0. The van der Waals surface area contributed by atoms with Crippen LogP contribution in [0.3, 0.4) is 0 Å². The van der Waals surface area contributed by atoms with E-state index in [-0.39, 0.29) is 11.2 Å². The van der Waals surface area contributed by atoms with E-state index in [0.29, 0.717) is 13.1 Å². The first-order chi connectivity index (χ1) is 7.09. The molecule has 88 valence electrons. The molecule has 0 saturated heterocycles. The third kappa shape index (κ3) is 5.89. The van der Waals surface area contributed by atoms with Gasteiger partial charge in [-0.15, -0.1) is 0 Å². The minimum Gasteiger partial charge on any atom is -0.355 e. The summed E-state index contributed by atoms with van der Waals surface area (Å²) in [5.74, 6) is 0.756. The Hall–Kier alpha value is -0.420. The highest BCUT2D eigenvalue weighted by Gasteiger charge is 2.21. The average Bonchev–Trinajstić information content (AvgIpc) is 2.97. The highest BCUT2D eigenvalue weighted by molar-refractivity contribution is 7.84. The number of carbonyl (C=O) groups excluding carboxylic acids is 1. The van der Waals surface area contributed by atoms with Gasteiger partial charge in [0, 0.05) is 35.4 Å². The van der Waals surface area contributed by atoms with E-state index in [9.17, 15) is 9.00 Å². The van der Waals surface area contributed by atoms with Gasteiger partial charge in [-0.2, -0.15) is 0 Å². The third-order valence-corrected chi connectivity index (χ3v) is 3.87. The van der Waals surface area contributed by atoms with Gasteiger partial charge >= 0.3 is 0 Å². The average molecular weight is 232 g/mol. The van der Waals surface area contributed by atoms with E-state index in [0.717, 1.165) is 12.5 Å². The van der Waals surface area contributed by atoms with Crippen molar-refractivity contribution in [2.45, 2.75) is 25.0 Å². The Kier molecular flexibility index (Phi) is 5.25. The molecule has 0 heterocycles. The van der Waals surface area contributed by atoms with Crippen molar-refractivity contribution in [1.29, 1.82) is 0 Å². The molecule has 1 rings (SSSR count). The molecular weight excluding hydrogens is 212 g/mol. The van der Waals surface area contributed by atoms with Gasteiger partial charge in [-0.05, 0) is 25.7 Å². The Labute approximate surface area is 93.7 Å². The molecule has 0 aromatic rings. The molecule has 1 amide bonds. The van der Waals surface area contributed by atoms with Crippen molar-refractivity contribution < 1.29 is 9.00 Å². The number of amides is 1. The first-order valence-electron chi connectivity index (χ1n) is 5.39. The van der Waals surface area contributed by atoms with Gasteiger partial charge in [0.15, 0.2) is 0 Å². The molecule has 0 aromatic carbocycles.